The molecule has 0 spiro atoms. The molecule has 43 heavy (non-hydrogen) atoms. The van der Waals surface area contributed by atoms with Crippen molar-refractivity contribution < 1.29 is 32.1 Å². The van der Waals surface area contributed by atoms with Crippen LogP contribution in [0.25, 0.3) is 11.3 Å². The highest BCUT2D eigenvalue weighted by Crippen LogP contribution is 2.39. The summed E-state index contributed by atoms with van der Waals surface area (Å²) in [5.74, 6) is -0.792. The van der Waals surface area contributed by atoms with Gasteiger partial charge in [0.2, 0.25) is 0 Å². The average molecular weight is 624 g/mol. The van der Waals surface area contributed by atoms with Crippen LogP contribution in [0.4, 0.5) is 13.2 Å². The standard InChI is InChI=1S/C32H44F3N3O4S/c1-20-24(28(39)36-23-13-15-31(5,16-14-23)29(40)41)18-26(38(20)19-21-9-7-6-8-10-21)22-11-12-27(25(17-22)32(33,34)35)43(42)37-30(2,3)4/h11-12,17-18,21,23,37H,6-10,13-16,19H2,1-5H3,(H,36,39)(H,40,41). The average Bonchev–Trinajstić information content (AvgIpc) is 3.24. The fourth-order valence-electron chi connectivity index (χ4n) is 6.26. The fraction of sp³-hybridized carbons (Fsp3) is 0.625. The first kappa shape index (κ1) is 33.2. The van der Waals surface area contributed by atoms with Crippen molar-refractivity contribution in [1.29, 1.82) is 0 Å². The monoisotopic (exact) mass is 623 g/mol. The van der Waals surface area contributed by atoms with Crippen LogP contribution in [0.2, 0.25) is 0 Å². The largest absolute Gasteiger partial charge is 0.481 e. The Hall–Kier alpha value is -2.66. The third-order valence-corrected chi connectivity index (χ3v) is 10.4. The highest BCUT2D eigenvalue weighted by atomic mass is 32.2. The smallest absolute Gasteiger partial charge is 0.417 e. The van der Waals surface area contributed by atoms with E-state index in [4.69, 9.17) is 0 Å². The van der Waals surface area contributed by atoms with Crippen LogP contribution in [0.5, 0.6) is 0 Å². The van der Waals surface area contributed by atoms with Crippen LogP contribution in [0, 0.1) is 18.3 Å². The number of benzene rings is 1. The lowest BCUT2D eigenvalue weighted by Crippen LogP contribution is -2.42. The number of aliphatic carboxylic acids is 1. The summed E-state index contributed by atoms with van der Waals surface area (Å²) in [6, 6.07) is 5.35. The lowest BCUT2D eigenvalue weighted by atomic mass is 9.74. The molecule has 2 aliphatic carbocycles. The zero-order valence-corrected chi connectivity index (χ0v) is 26.5. The van der Waals surface area contributed by atoms with Crippen molar-refractivity contribution in [3.63, 3.8) is 0 Å². The molecule has 2 aliphatic rings. The fourth-order valence-corrected chi connectivity index (χ4v) is 7.49. The van der Waals surface area contributed by atoms with Crippen molar-refractivity contribution in [2.24, 2.45) is 11.3 Å². The Kier molecular flexibility index (Phi) is 9.86. The van der Waals surface area contributed by atoms with E-state index in [-0.39, 0.29) is 16.8 Å². The van der Waals surface area contributed by atoms with E-state index in [1.54, 1.807) is 39.8 Å². The van der Waals surface area contributed by atoms with Crippen LogP contribution in [-0.4, -0.2) is 37.3 Å². The molecule has 7 nitrogen and oxygen atoms in total. The van der Waals surface area contributed by atoms with Gasteiger partial charge in [-0.25, -0.2) is 8.93 Å². The zero-order valence-electron chi connectivity index (χ0n) is 25.7. The second kappa shape index (κ2) is 12.8. The maximum absolute atomic E-state index is 14.3. The van der Waals surface area contributed by atoms with Gasteiger partial charge < -0.3 is 15.0 Å². The van der Waals surface area contributed by atoms with Gasteiger partial charge in [-0.15, -0.1) is 0 Å². The van der Waals surface area contributed by atoms with Gasteiger partial charge in [0.25, 0.3) is 5.91 Å². The van der Waals surface area contributed by atoms with E-state index in [9.17, 15) is 32.1 Å². The van der Waals surface area contributed by atoms with Gasteiger partial charge in [0, 0.05) is 29.5 Å². The highest BCUT2D eigenvalue weighted by molar-refractivity contribution is 7.83. The molecule has 0 aliphatic heterocycles. The Labute approximate surface area is 254 Å². The predicted molar refractivity (Wildman–Crippen MR) is 161 cm³/mol. The van der Waals surface area contributed by atoms with Gasteiger partial charge in [0.05, 0.1) is 21.4 Å². The molecule has 0 bridgehead atoms. The number of carbonyl (C=O) groups excluding carboxylic acids is 1. The molecular formula is C32H44F3N3O4S. The maximum Gasteiger partial charge on any atom is 0.417 e. The topological polar surface area (TPSA) is 100 Å². The van der Waals surface area contributed by atoms with Gasteiger partial charge >= 0.3 is 12.1 Å². The van der Waals surface area contributed by atoms with E-state index in [0.29, 0.717) is 60.7 Å². The van der Waals surface area contributed by atoms with Gasteiger partial charge in [-0.2, -0.15) is 13.2 Å². The van der Waals surface area contributed by atoms with Gasteiger partial charge in [0.1, 0.15) is 11.0 Å². The molecule has 238 valence electrons. The number of hydrogen-bond donors (Lipinski definition) is 3. The summed E-state index contributed by atoms with van der Waals surface area (Å²) in [5.41, 5.74) is -0.545. The number of rotatable bonds is 8. The minimum Gasteiger partial charge on any atom is -0.481 e. The van der Waals surface area contributed by atoms with E-state index in [1.807, 2.05) is 11.5 Å². The van der Waals surface area contributed by atoms with Crippen molar-refractivity contribution >= 4 is 22.9 Å². The molecule has 1 atom stereocenters. The Morgan fingerprint density at radius 3 is 2.23 bits per heavy atom. The Morgan fingerprint density at radius 1 is 1.05 bits per heavy atom. The number of carboxylic acids is 1. The van der Waals surface area contributed by atoms with E-state index in [2.05, 4.69) is 10.0 Å². The van der Waals surface area contributed by atoms with Gasteiger partial charge in [0.15, 0.2) is 0 Å². The van der Waals surface area contributed by atoms with Crippen molar-refractivity contribution in [1.82, 2.24) is 14.6 Å². The van der Waals surface area contributed by atoms with Crippen molar-refractivity contribution in [3.8, 4) is 11.3 Å². The first-order chi connectivity index (χ1) is 20.0. The van der Waals surface area contributed by atoms with Gasteiger partial charge in [-0.3, -0.25) is 9.59 Å². The summed E-state index contributed by atoms with van der Waals surface area (Å²) in [6.07, 6.45) is 2.67. The molecule has 2 aromatic rings. The second-order valence-corrected chi connectivity index (χ2v) is 14.8. The number of nitrogens with zero attached hydrogens (tertiary/aromatic N) is 1. The molecule has 2 fully saturated rings. The molecule has 0 radical (unpaired) electrons. The summed E-state index contributed by atoms with van der Waals surface area (Å²) < 4.78 is 60.6. The predicted octanol–water partition coefficient (Wildman–Crippen LogP) is 7.24. The Balaban J connectivity index is 1.70. The van der Waals surface area contributed by atoms with Crippen LogP contribution in [0.15, 0.2) is 29.2 Å². The molecule has 1 amide bonds. The summed E-state index contributed by atoms with van der Waals surface area (Å²) in [7, 11) is -2.08. The summed E-state index contributed by atoms with van der Waals surface area (Å²) in [5, 5.41) is 12.6. The second-order valence-electron chi connectivity index (χ2n) is 13.6. The molecule has 1 heterocycles. The number of carbonyl (C=O) groups is 2. The van der Waals surface area contributed by atoms with E-state index >= 15 is 0 Å². The number of carboxylic acid groups (broad SMARTS) is 1. The molecule has 1 unspecified atom stereocenters. The molecule has 0 saturated heterocycles. The normalized spacial score (nSPS) is 22.7. The number of amides is 1. The molecule has 1 aromatic carbocycles. The number of hydrogen-bond acceptors (Lipinski definition) is 3. The summed E-state index contributed by atoms with van der Waals surface area (Å²) >= 11 is 0. The van der Waals surface area contributed by atoms with E-state index in [1.165, 1.54) is 12.5 Å². The molecule has 1 aromatic heterocycles. The number of alkyl halides is 3. The van der Waals surface area contributed by atoms with E-state index < -0.39 is 39.6 Å². The number of halogens is 3. The van der Waals surface area contributed by atoms with Crippen LogP contribution >= 0.6 is 0 Å². The first-order valence-electron chi connectivity index (χ1n) is 15.1. The third-order valence-electron chi connectivity index (χ3n) is 8.90. The quantitative estimate of drug-likeness (QED) is 0.289. The third kappa shape index (κ3) is 7.90. The minimum atomic E-state index is -4.73. The minimum absolute atomic E-state index is 0.175. The lowest BCUT2D eigenvalue weighted by molar-refractivity contribution is -0.150. The number of aromatic nitrogens is 1. The number of nitrogens with one attached hydrogen (secondary N) is 2. The molecule has 11 heteroatoms. The molecule has 2 saturated carbocycles. The van der Waals surface area contributed by atoms with Crippen LogP contribution < -0.4 is 10.0 Å². The van der Waals surface area contributed by atoms with E-state index in [0.717, 1.165) is 31.7 Å². The summed E-state index contributed by atoms with van der Waals surface area (Å²) in [6.45, 7) is 9.35. The Morgan fingerprint density at radius 2 is 1.67 bits per heavy atom. The highest BCUT2D eigenvalue weighted by Gasteiger charge is 2.39. The van der Waals surface area contributed by atoms with Crippen LogP contribution in [0.3, 0.4) is 0 Å². The molecule has 4 rings (SSSR count). The van der Waals surface area contributed by atoms with Crippen molar-refractivity contribution in [2.75, 3.05) is 0 Å². The molecule has 3 N–H and O–H groups in total. The van der Waals surface area contributed by atoms with Crippen molar-refractivity contribution in [2.45, 2.75) is 122 Å². The van der Waals surface area contributed by atoms with Crippen LogP contribution in [0.1, 0.15) is 107 Å². The van der Waals surface area contributed by atoms with Gasteiger partial charge in [-0.1, -0.05) is 25.3 Å². The van der Waals surface area contributed by atoms with Gasteiger partial charge in [-0.05, 0) is 103 Å². The van der Waals surface area contributed by atoms with Crippen molar-refractivity contribution in [3.05, 3.63) is 41.1 Å². The maximum atomic E-state index is 14.3. The lowest BCUT2D eigenvalue weighted by Gasteiger charge is -2.34. The summed E-state index contributed by atoms with van der Waals surface area (Å²) in [4.78, 5) is 24.8. The SMILES string of the molecule is Cc1c(C(=O)NC2CCC(C)(C(=O)O)CC2)cc(-c2ccc(S(=O)NC(C)(C)C)c(C(F)(F)F)c2)n1CC1CCCCC1. The van der Waals surface area contributed by atoms with Crippen LogP contribution in [-0.2, 0) is 28.5 Å². The molecular weight excluding hydrogens is 579 g/mol. The first-order valence-corrected chi connectivity index (χ1v) is 16.3. The Bertz CT molecular complexity index is 1370. The zero-order chi connectivity index (χ0) is 31.7.